The lowest BCUT2D eigenvalue weighted by molar-refractivity contribution is -0.121. The van der Waals surface area contributed by atoms with E-state index in [0.717, 1.165) is 0 Å². The highest BCUT2D eigenvalue weighted by molar-refractivity contribution is 5.81. The Kier molecular flexibility index (Phi) is 7.51. The first kappa shape index (κ1) is 20.3. The van der Waals surface area contributed by atoms with Crippen LogP contribution in [0, 0.1) is 0 Å². The van der Waals surface area contributed by atoms with Crippen LogP contribution in [0.3, 0.4) is 0 Å². The quantitative estimate of drug-likeness (QED) is 0.747. The fourth-order valence-corrected chi connectivity index (χ4v) is 2.26. The smallest absolute Gasteiger partial charge is 0.246 e. The molecule has 24 heavy (non-hydrogen) atoms. The maximum atomic E-state index is 11.7. The predicted octanol–water partition coefficient (Wildman–Crippen LogP) is 2.55. The third-order valence-electron chi connectivity index (χ3n) is 3.42. The third kappa shape index (κ3) is 6.37. The van der Waals surface area contributed by atoms with Crippen molar-refractivity contribution in [1.82, 2.24) is 5.73 Å². The Labute approximate surface area is 143 Å². The summed E-state index contributed by atoms with van der Waals surface area (Å²) in [6.07, 6.45) is -0.711. The van der Waals surface area contributed by atoms with Gasteiger partial charge in [0.1, 0.15) is 0 Å². The summed E-state index contributed by atoms with van der Waals surface area (Å²) in [6, 6.07) is 5.11. The van der Waals surface area contributed by atoms with Gasteiger partial charge in [-0.2, -0.15) is 0 Å². The highest BCUT2D eigenvalue weighted by Crippen LogP contribution is 2.32. The second kappa shape index (κ2) is 8.89. The molecule has 0 aliphatic carbocycles. The van der Waals surface area contributed by atoms with Gasteiger partial charge in [0.05, 0.1) is 37.9 Å². The average molecular weight is 338 g/mol. The maximum absolute atomic E-state index is 11.7. The molecule has 6 nitrogen and oxygen atoms in total. The monoisotopic (exact) mass is 338 g/mol. The minimum absolute atomic E-state index is 0.113. The molecule has 1 amide bonds. The van der Waals surface area contributed by atoms with Crippen molar-refractivity contribution in [3.05, 3.63) is 23.8 Å². The van der Waals surface area contributed by atoms with Crippen LogP contribution in [-0.2, 0) is 9.53 Å². The number of methoxy groups -OCH3 is 1. The van der Waals surface area contributed by atoms with Gasteiger partial charge in [0.2, 0.25) is 5.91 Å². The summed E-state index contributed by atoms with van der Waals surface area (Å²) in [6.45, 7) is 8.11. The first-order valence-electron chi connectivity index (χ1n) is 8.06. The van der Waals surface area contributed by atoms with Crippen LogP contribution >= 0.6 is 0 Å². The molecule has 2 unspecified atom stereocenters. The average Bonchev–Trinajstić information content (AvgIpc) is 2.50. The van der Waals surface area contributed by atoms with Crippen LogP contribution in [0.15, 0.2) is 18.2 Å². The van der Waals surface area contributed by atoms with Crippen molar-refractivity contribution in [2.45, 2.75) is 51.7 Å². The number of rotatable bonds is 9. The normalized spacial score (nSPS) is 14.1. The largest absolute Gasteiger partial charge is 0.493 e. The number of hydrogen-bond donors (Lipinski definition) is 1. The van der Waals surface area contributed by atoms with E-state index >= 15 is 0 Å². The molecular formula is C18H28NO5. The fourth-order valence-electron chi connectivity index (χ4n) is 2.26. The molecule has 6 heteroatoms. The lowest BCUT2D eigenvalue weighted by atomic mass is 9.92. The van der Waals surface area contributed by atoms with E-state index in [2.05, 4.69) is 0 Å². The van der Waals surface area contributed by atoms with Crippen LogP contribution in [0.2, 0.25) is 0 Å². The molecule has 2 N–H and O–H groups in total. The van der Waals surface area contributed by atoms with Crippen LogP contribution in [0.1, 0.15) is 45.6 Å². The van der Waals surface area contributed by atoms with Gasteiger partial charge in [-0.15, -0.1) is 0 Å². The van der Waals surface area contributed by atoms with E-state index in [1.165, 1.54) is 7.11 Å². The molecule has 0 saturated carbocycles. The highest BCUT2D eigenvalue weighted by atomic mass is 16.5. The molecule has 0 bridgehead atoms. The van der Waals surface area contributed by atoms with Crippen molar-refractivity contribution in [2.75, 3.05) is 20.3 Å². The van der Waals surface area contributed by atoms with E-state index in [4.69, 9.17) is 19.9 Å². The number of nitrogens with one attached hydrogen (secondary N) is 1. The third-order valence-corrected chi connectivity index (χ3v) is 3.42. The summed E-state index contributed by atoms with van der Waals surface area (Å²) in [7, 11) is 1.54. The van der Waals surface area contributed by atoms with Crippen LogP contribution in [0.4, 0.5) is 0 Å². The van der Waals surface area contributed by atoms with Gasteiger partial charge in [0.25, 0.3) is 0 Å². The zero-order valence-electron chi connectivity index (χ0n) is 15.1. The van der Waals surface area contributed by atoms with Gasteiger partial charge < -0.3 is 19.3 Å². The van der Waals surface area contributed by atoms with Gasteiger partial charge in [-0.1, -0.05) is 6.07 Å². The Balaban J connectivity index is 2.92. The Morgan fingerprint density at radius 1 is 1.29 bits per heavy atom. The van der Waals surface area contributed by atoms with Gasteiger partial charge in [0.15, 0.2) is 11.5 Å². The number of carbonyl (C=O) groups is 1. The molecule has 1 aromatic carbocycles. The molecule has 0 heterocycles. The minimum atomic E-state index is -0.832. The second-order valence-electron chi connectivity index (χ2n) is 6.57. The highest BCUT2D eigenvalue weighted by Gasteiger charge is 2.25. The molecule has 135 valence electrons. The zero-order chi connectivity index (χ0) is 18.3. The van der Waals surface area contributed by atoms with Gasteiger partial charge in [-0.05, 0) is 51.8 Å². The molecule has 1 aromatic rings. The topological polar surface area (TPSA) is 88.8 Å². The standard InChI is InChI=1S/C18H28NO5/c1-6-23-16-9-12(7-8-15(16)22-5)14(17(19)21)10-13(20)11-24-18(2,3)4/h7-9,13-14,19-20H,6,10-11H2,1-5H3. The van der Waals surface area contributed by atoms with E-state index in [-0.39, 0.29) is 18.6 Å². The molecule has 0 aliphatic heterocycles. The number of aliphatic hydroxyl groups is 1. The maximum Gasteiger partial charge on any atom is 0.246 e. The molecule has 0 fully saturated rings. The van der Waals surface area contributed by atoms with Crippen LogP contribution in [0.5, 0.6) is 11.5 Å². The number of benzene rings is 1. The van der Waals surface area contributed by atoms with Crippen molar-refractivity contribution in [3.63, 3.8) is 0 Å². The van der Waals surface area contributed by atoms with E-state index in [1.54, 1.807) is 18.2 Å². The number of aliphatic hydroxyl groups excluding tert-OH is 1. The van der Waals surface area contributed by atoms with Gasteiger partial charge in [0, 0.05) is 0 Å². The van der Waals surface area contributed by atoms with E-state index in [0.29, 0.717) is 23.7 Å². The summed E-state index contributed by atoms with van der Waals surface area (Å²) in [5, 5.41) is 10.2. The van der Waals surface area contributed by atoms with E-state index in [1.807, 2.05) is 27.7 Å². The predicted molar refractivity (Wildman–Crippen MR) is 91.3 cm³/mol. The van der Waals surface area contributed by atoms with Crippen molar-refractivity contribution in [3.8, 4) is 11.5 Å². The van der Waals surface area contributed by atoms with Crippen molar-refractivity contribution in [2.24, 2.45) is 0 Å². The fraction of sp³-hybridized carbons (Fsp3) is 0.611. The second-order valence-corrected chi connectivity index (χ2v) is 6.57. The van der Waals surface area contributed by atoms with Crippen LogP contribution in [0.25, 0.3) is 0 Å². The van der Waals surface area contributed by atoms with Gasteiger partial charge >= 0.3 is 0 Å². The van der Waals surface area contributed by atoms with Crippen molar-refractivity contribution in [1.29, 1.82) is 0 Å². The molecule has 0 spiro atoms. The van der Waals surface area contributed by atoms with Crippen molar-refractivity contribution >= 4 is 5.91 Å². The number of amides is 1. The number of hydrogen-bond acceptors (Lipinski definition) is 5. The first-order valence-corrected chi connectivity index (χ1v) is 8.06. The lowest BCUT2D eigenvalue weighted by Gasteiger charge is -2.24. The molecule has 1 radical (unpaired) electrons. The van der Waals surface area contributed by atoms with Crippen LogP contribution < -0.4 is 15.2 Å². The Hall–Kier alpha value is -1.79. The molecule has 0 aliphatic rings. The molecule has 0 aromatic heterocycles. The Morgan fingerprint density at radius 3 is 2.46 bits per heavy atom. The number of ether oxygens (including phenoxy) is 3. The Bertz CT molecular complexity index is 539. The molecule has 1 rings (SSSR count). The zero-order valence-corrected chi connectivity index (χ0v) is 15.1. The molecule has 0 saturated heterocycles. The van der Waals surface area contributed by atoms with Gasteiger partial charge in [-0.3, -0.25) is 10.5 Å². The van der Waals surface area contributed by atoms with E-state index in [9.17, 15) is 9.90 Å². The Morgan fingerprint density at radius 2 is 1.96 bits per heavy atom. The summed E-state index contributed by atoms with van der Waals surface area (Å²) in [5.41, 5.74) is 7.78. The summed E-state index contributed by atoms with van der Waals surface area (Å²) in [5.74, 6) is -0.413. The summed E-state index contributed by atoms with van der Waals surface area (Å²) < 4.78 is 16.3. The van der Waals surface area contributed by atoms with E-state index < -0.39 is 17.9 Å². The van der Waals surface area contributed by atoms with Crippen molar-refractivity contribution < 1.29 is 24.1 Å². The first-order chi connectivity index (χ1) is 11.2. The molecule has 2 atom stereocenters. The number of carbonyl (C=O) groups excluding carboxylic acids is 1. The SMILES string of the molecule is CCOc1cc(C(CC(O)COC(C)(C)C)C([NH])=O)ccc1OC. The van der Waals surface area contributed by atoms with Gasteiger partial charge in [-0.25, -0.2) is 0 Å². The summed E-state index contributed by atoms with van der Waals surface area (Å²) in [4.78, 5) is 11.7. The summed E-state index contributed by atoms with van der Waals surface area (Å²) >= 11 is 0. The lowest BCUT2D eigenvalue weighted by Crippen LogP contribution is -2.29. The van der Waals surface area contributed by atoms with Crippen LogP contribution in [-0.4, -0.2) is 43.0 Å². The minimum Gasteiger partial charge on any atom is -0.493 e. The molecular weight excluding hydrogens is 310 g/mol.